The first-order valence-corrected chi connectivity index (χ1v) is 10.5. The molecule has 0 bridgehead atoms. The Morgan fingerprint density at radius 3 is 2.03 bits per heavy atom. The van der Waals surface area contributed by atoms with Crippen molar-refractivity contribution in [2.45, 2.75) is 71.7 Å². The van der Waals surface area contributed by atoms with E-state index in [0.29, 0.717) is 0 Å². The fourth-order valence-electron chi connectivity index (χ4n) is 3.83. The molecule has 1 aliphatic rings. The number of hydrogen-bond acceptors (Lipinski definition) is 6. The molecule has 0 aliphatic heterocycles. The highest BCUT2D eigenvalue weighted by Gasteiger charge is 2.56. The Bertz CT molecular complexity index is 839. The first kappa shape index (κ1) is 24.8. The monoisotopic (exact) mass is 430 g/mol. The predicted octanol–water partition coefficient (Wildman–Crippen LogP) is 3.96. The molecule has 1 N–H and O–H groups in total. The summed E-state index contributed by atoms with van der Waals surface area (Å²) in [6.45, 7) is 11.8. The van der Waals surface area contributed by atoms with Crippen molar-refractivity contribution in [3.63, 3.8) is 0 Å². The van der Waals surface area contributed by atoms with Gasteiger partial charge >= 0.3 is 11.9 Å². The lowest BCUT2D eigenvalue weighted by molar-refractivity contribution is -0.184. The summed E-state index contributed by atoms with van der Waals surface area (Å²) in [5, 5.41) is 11.1. The van der Waals surface area contributed by atoms with Crippen molar-refractivity contribution < 1.29 is 29.0 Å². The van der Waals surface area contributed by atoms with Crippen LogP contribution in [0.1, 0.15) is 60.5 Å². The highest BCUT2D eigenvalue weighted by Crippen LogP contribution is 2.43. The molecule has 1 aliphatic carbocycles. The van der Waals surface area contributed by atoms with Crippen molar-refractivity contribution in [3.8, 4) is 0 Å². The third-order valence-electron chi connectivity index (χ3n) is 4.95. The second kappa shape index (κ2) is 8.95. The standard InChI is InChI=1S/C25H34O6/c1-23(2,3)30-21(27)19-17(14-13-16-11-9-8-10-12-16)20(22(28)31-24(4,5)6)25(7,29)15-18(19)26/h8-14,17,19-20,29H,15H2,1-7H3/b14-13+. The number of esters is 2. The minimum absolute atomic E-state index is 0.337. The van der Waals surface area contributed by atoms with Crippen LogP contribution in [-0.4, -0.2) is 39.6 Å². The van der Waals surface area contributed by atoms with Crippen molar-refractivity contribution in [1.29, 1.82) is 0 Å². The van der Waals surface area contributed by atoms with Gasteiger partial charge in [0.15, 0.2) is 5.78 Å². The van der Waals surface area contributed by atoms with Gasteiger partial charge in [-0.3, -0.25) is 14.4 Å². The fraction of sp³-hybridized carbons (Fsp3) is 0.560. The lowest BCUT2D eigenvalue weighted by Gasteiger charge is -2.43. The first-order chi connectivity index (χ1) is 14.1. The Morgan fingerprint density at radius 2 is 1.52 bits per heavy atom. The molecule has 0 amide bonds. The second-order valence-electron chi connectivity index (χ2n) is 10.4. The van der Waals surface area contributed by atoms with Crippen LogP contribution < -0.4 is 0 Å². The molecule has 0 spiro atoms. The van der Waals surface area contributed by atoms with Crippen LogP contribution >= 0.6 is 0 Å². The number of ether oxygens (including phenoxy) is 2. The van der Waals surface area contributed by atoms with E-state index < -0.39 is 52.3 Å². The predicted molar refractivity (Wildman–Crippen MR) is 118 cm³/mol. The molecule has 0 saturated heterocycles. The molecule has 1 fully saturated rings. The lowest BCUT2D eigenvalue weighted by Crippen LogP contribution is -2.57. The van der Waals surface area contributed by atoms with Gasteiger partial charge in [0.25, 0.3) is 0 Å². The van der Waals surface area contributed by atoms with Crippen LogP contribution in [0, 0.1) is 17.8 Å². The second-order valence-corrected chi connectivity index (χ2v) is 10.4. The van der Waals surface area contributed by atoms with Crippen LogP contribution in [0.4, 0.5) is 0 Å². The third kappa shape index (κ3) is 6.76. The molecule has 1 saturated carbocycles. The van der Waals surface area contributed by atoms with Gasteiger partial charge in [-0.1, -0.05) is 42.5 Å². The van der Waals surface area contributed by atoms with E-state index in [1.807, 2.05) is 30.3 Å². The molecular formula is C25H34O6. The summed E-state index contributed by atoms with van der Waals surface area (Å²) in [5.41, 5.74) is -2.41. The highest BCUT2D eigenvalue weighted by molar-refractivity contribution is 6.02. The average molecular weight is 431 g/mol. The molecule has 0 heterocycles. The topological polar surface area (TPSA) is 89.9 Å². The van der Waals surface area contributed by atoms with Gasteiger partial charge in [-0.15, -0.1) is 0 Å². The van der Waals surface area contributed by atoms with E-state index in [-0.39, 0.29) is 6.42 Å². The van der Waals surface area contributed by atoms with E-state index >= 15 is 0 Å². The number of aliphatic hydroxyl groups is 1. The summed E-state index contributed by atoms with van der Waals surface area (Å²) in [7, 11) is 0. The van der Waals surface area contributed by atoms with E-state index in [1.165, 1.54) is 6.92 Å². The molecule has 4 unspecified atom stereocenters. The van der Waals surface area contributed by atoms with Gasteiger partial charge in [-0.2, -0.15) is 0 Å². The van der Waals surface area contributed by atoms with Gasteiger partial charge in [-0.05, 0) is 54.0 Å². The van der Waals surface area contributed by atoms with Crippen molar-refractivity contribution in [3.05, 3.63) is 42.0 Å². The molecule has 1 aromatic rings. The summed E-state index contributed by atoms with van der Waals surface area (Å²) in [5.74, 6) is -5.05. The van der Waals surface area contributed by atoms with Crippen LogP contribution in [0.5, 0.6) is 0 Å². The zero-order valence-electron chi connectivity index (χ0n) is 19.5. The minimum atomic E-state index is -1.66. The maximum absolute atomic E-state index is 13.1. The van der Waals surface area contributed by atoms with Gasteiger partial charge in [0.05, 0.1) is 11.5 Å². The summed E-state index contributed by atoms with van der Waals surface area (Å²) in [4.78, 5) is 39.1. The number of ketones is 1. The maximum atomic E-state index is 13.1. The van der Waals surface area contributed by atoms with Crippen LogP contribution in [0.25, 0.3) is 6.08 Å². The van der Waals surface area contributed by atoms with Crippen molar-refractivity contribution in [2.24, 2.45) is 17.8 Å². The van der Waals surface area contributed by atoms with E-state index in [4.69, 9.17) is 9.47 Å². The Labute approximate surface area is 184 Å². The number of benzene rings is 1. The number of carbonyl (C=O) groups is 3. The molecule has 4 atom stereocenters. The van der Waals surface area contributed by atoms with Gasteiger partial charge in [-0.25, -0.2) is 0 Å². The zero-order chi connectivity index (χ0) is 23.6. The largest absolute Gasteiger partial charge is 0.460 e. The van der Waals surface area contributed by atoms with E-state index in [0.717, 1.165) is 5.56 Å². The van der Waals surface area contributed by atoms with E-state index in [1.54, 1.807) is 53.7 Å². The van der Waals surface area contributed by atoms with E-state index in [2.05, 4.69) is 0 Å². The molecule has 1 aromatic carbocycles. The Morgan fingerprint density at radius 1 is 1.00 bits per heavy atom. The van der Waals surface area contributed by atoms with E-state index in [9.17, 15) is 19.5 Å². The molecular weight excluding hydrogens is 396 g/mol. The van der Waals surface area contributed by atoms with Crippen molar-refractivity contribution >= 4 is 23.8 Å². The third-order valence-corrected chi connectivity index (χ3v) is 4.95. The molecule has 2 rings (SSSR count). The average Bonchev–Trinajstić information content (AvgIpc) is 2.56. The zero-order valence-corrected chi connectivity index (χ0v) is 19.5. The van der Waals surface area contributed by atoms with Crippen LogP contribution in [0.3, 0.4) is 0 Å². The number of rotatable bonds is 4. The van der Waals surface area contributed by atoms with Gasteiger partial charge in [0, 0.05) is 12.3 Å². The highest BCUT2D eigenvalue weighted by atomic mass is 16.6. The van der Waals surface area contributed by atoms with Crippen molar-refractivity contribution in [2.75, 3.05) is 0 Å². The molecule has 31 heavy (non-hydrogen) atoms. The van der Waals surface area contributed by atoms with Crippen LogP contribution in [-0.2, 0) is 23.9 Å². The lowest BCUT2D eigenvalue weighted by atomic mass is 9.63. The number of allylic oxidation sites excluding steroid dienone is 1. The quantitative estimate of drug-likeness (QED) is 0.575. The molecule has 6 heteroatoms. The number of hydrogen-bond donors (Lipinski definition) is 1. The number of carbonyl (C=O) groups excluding carboxylic acids is 3. The normalized spacial score (nSPS) is 27.2. The summed E-state index contributed by atoms with van der Waals surface area (Å²) in [6, 6.07) is 9.32. The number of Topliss-reactive ketones (excluding diaryl/α,β-unsaturated/α-hetero) is 1. The van der Waals surface area contributed by atoms with Gasteiger partial charge < -0.3 is 14.6 Å². The fourth-order valence-corrected chi connectivity index (χ4v) is 3.83. The van der Waals surface area contributed by atoms with Crippen molar-refractivity contribution in [1.82, 2.24) is 0 Å². The maximum Gasteiger partial charge on any atom is 0.317 e. The SMILES string of the molecule is CC(C)(C)OC(=O)C1C(=O)CC(C)(O)C(C(=O)OC(C)(C)C)C1/C=C/c1ccccc1. The van der Waals surface area contributed by atoms with Gasteiger partial charge in [0.2, 0.25) is 0 Å². The first-order valence-electron chi connectivity index (χ1n) is 10.5. The summed E-state index contributed by atoms with van der Waals surface area (Å²) >= 11 is 0. The Hall–Kier alpha value is -2.47. The smallest absolute Gasteiger partial charge is 0.317 e. The van der Waals surface area contributed by atoms with Gasteiger partial charge in [0.1, 0.15) is 17.1 Å². The molecule has 0 aromatic heterocycles. The van der Waals surface area contributed by atoms with Crippen LogP contribution in [0.15, 0.2) is 36.4 Å². The minimum Gasteiger partial charge on any atom is -0.460 e. The Kier molecular flexibility index (Phi) is 7.16. The molecule has 6 nitrogen and oxygen atoms in total. The molecule has 170 valence electrons. The molecule has 0 radical (unpaired) electrons. The summed E-state index contributed by atoms with van der Waals surface area (Å²) in [6.07, 6.45) is 3.05. The Balaban J connectivity index is 2.54. The van der Waals surface area contributed by atoms with Crippen LogP contribution in [0.2, 0.25) is 0 Å². The summed E-state index contributed by atoms with van der Waals surface area (Å²) < 4.78 is 11.1.